The first-order valence-corrected chi connectivity index (χ1v) is 15.2. The molecule has 3 aromatic rings. The number of nitrogens with zero attached hydrogens (tertiary/aromatic N) is 2. The van der Waals surface area contributed by atoms with Gasteiger partial charge in [0.25, 0.3) is 5.91 Å². The number of aromatic nitrogens is 2. The first kappa shape index (κ1) is 27.7. The highest BCUT2D eigenvalue weighted by Gasteiger charge is 2.33. The maximum absolute atomic E-state index is 14.2. The van der Waals surface area contributed by atoms with Crippen LogP contribution in [-0.2, 0) is 11.0 Å². The van der Waals surface area contributed by atoms with Crippen molar-refractivity contribution >= 4 is 56.0 Å². The molecule has 0 spiro atoms. The van der Waals surface area contributed by atoms with Gasteiger partial charge in [0.05, 0.1) is 20.6 Å². The molecule has 8 nitrogen and oxygen atoms in total. The largest absolute Gasteiger partial charge is 0.365 e. The molecule has 0 aliphatic heterocycles. The topological polar surface area (TPSA) is 122 Å². The molecule has 5 N–H and O–H groups in total. The Bertz CT molecular complexity index is 1400. The Labute approximate surface area is 238 Å². The van der Waals surface area contributed by atoms with Gasteiger partial charge in [-0.3, -0.25) is 4.79 Å². The lowest BCUT2D eigenvalue weighted by Gasteiger charge is -2.18. The number of amides is 1. The van der Waals surface area contributed by atoms with Gasteiger partial charge in [-0.15, -0.1) is 0 Å². The van der Waals surface area contributed by atoms with Crippen LogP contribution in [0.1, 0.15) is 60.9 Å². The van der Waals surface area contributed by atoms with E-state index < -0.39 is 22.7 Å². The van der Waals surface area contributed by atoms with E-state index in [0.29, 0.717) is 16.3 Å². The number of halogens is 2. The normalized spacial score (nSPS) is 20.2. The van der Waals surface area contributed by atoms with Gasteiger partial charge in [0, 0.05) is 17.9 Å². The summed E-state index contributed by atoms with van der Waals surface area (Å²) < 4.78 is 31.2. The summed E-state index contributed by atoms with van der Waals surface area (Å²) >= 11 is 3.38. The van der Waals surface area contributed by atoms with Crippen molar-refractivity contribution in [3.8, 4) is 0 Å². The number of carbonyl (C=O) groups excluding carboxylic acids is 1. The fourth-order valence-corrected chi connectivity index (χ4v) is 7.26. The Balaban J connectivity index is 1.25. The molecule has 2 aromatic carbocycles. The second kappa shape index (κ2) is 12.1. The molecule has 2 fully saturated rings. The first-order valence-electron chi connectivity index (χ1n) is 13.2. The molecule has 0 bridgehead atoms. The number of primary amides is 1. The minimum Gasteiger partial charge on any atom is -0.365 e. The van der Waals surface area contributed by atoms with E-state index in [0.717, 1.165) is 40.8 Å². The van der Waals surface area contributed by atoms with E-state index in [1.807, 2.05) is 25.1 Å². The quantitative estimate of drug-likeness (QED) is 0.226. The van der Waals surface area contributed by atoms with Gasteiger partial charge in [0.15, 0.2) is 0 Å². The Morgan fingerprint density at radius 1 is 1.10 bits per heavy atom. The van der Waals surface area contributed by atoms with Crippen molar-refractivity contribution in [2.24, 2.45) is 17.6 Å². The lowest BCUT2D eigenvalue weighted by molar-refractivity contribution is 0.0997. The maximum atomic E-state index is 14.2. The van der Waals surface area contributed by atoms with Gasteiger partial charge < -0.3 is 16.4 Å². The molecular formula is C28H32BrFN6O2S. The predicted octanol–water partition coefficient (Wildman–Crippen LogP) is 6.24. The third-order valence-electron chi connectivity index (χ3n) is 7.70. The summed E-state index contributed by atoms with van der Waals surface area (Å²) in [5.41, 5.74) is 6.92. The predicted molar refractivity (Wildman–Crippen MR) is 155 cm³/mol. The van der Waals surface area contributed by atoms with Gasteiger partial charge in [-0.05, 0) is 89.8 Å². The number of anilines is 4. The van der Waals surface area contributed by atoms with Gasteiger partial charge in [0.2, 0.25) is 5.95 Å². The Morgan fingerprint density at radius 2 is 1.90 bits per heavy atom. The smallest absolute Gasteiger partial charge is 0.253 e. The van der Waals surface area contributed by atoms with Crippen LogP contribution < -0.4 is 21.1 Å². The number of hydrogen-bond acceptors (Lipinski definition) is 6. The zero-order valence-corrected chi connectivity index (χ0v) is 24.1. The molecule has 1 aromatic heterocycles. The number of nitrogens with one attached hydrogen (secondary N) is 3. The van der Waals surface area contributed by atoms with Crippen LogP contribution >= 0.6 is 15.9 Å². The number of nitrogens with two attached hydrogens (primary N) is 1. The highest BCUT2D eigenvalue weighted by molar-refractivity contribution is 9.10. The van der Waals surface area contributed by atoms with Crippen molar-refractivity contribution < 1.29 is 13.4 Å². The Morgan fingerprint density at radius 3 is 2.64 bits per heavy atom. The summed E-state index contributed by atoms with van der Waals surface area (Å²) in [6, 6.07) is 10.1. The maximum Gasteiger partial charge on any atom is 0.253 e. The molecule has 206 valence electrons. The second-order valence-corrected chi connectivity index (χ2v) is 12.4. The van der Waals surface area contributed by atoms with Crippen LogP contribution in [0, 0.1) is 24.6 Å². The van der Waals surface area contributed by atoms with Gasteiger partial charge in [-0.1, -0.05) is 31.7 Å². The summed E-state index contributed by atoms with van der Waals surface area (Å²) in [7, 11) is -1.29. The SMILES string of the molecule is Cc1cc(Nc2ncc(Br)c(Nc3cccc(F)c3C(N)=O)n2)ccc1S(=O)NC1CCC(C2CCCC2)C1. The van der Waals surface area contributed by atoms with Crippen LogP contribution in [-0.4, -0.2) is 26.1 Å². The molecule has 5 rings (SSSR count). The summed E-state index contributed by atoms with van der Waals surface area (Å²) in [5.74, 6) is 0.624. The number of carbonyl (C=O) groups is 1. The van der Waals surface area contributed by atoms with Crippen molar-refractivity contribution in [3.63, 3.8) is 0 Å². The zero-order valence-electron chi connectivity index (χ0n) is 21.7. The summed E-state index contributed by atoms with van der Waals surface area (Å²) in [4.78, 5) is 21.3. The third-order valence-corrected chi connectivity index (χ3v) is 9.69. The van der Waals surface area contributed by atoms with E-state index in [2.05, 4.69) is 41.3 Å². The summed E-state index contributed by atoms with van der Waals surface area (Å²) in [6.07, 6.45) is 10.4. The zero-order chi connectivity index (χ0) is 27.5. The lowest BCUT2D eigenvalue weighted by atomic mass is 9.89. The van der Waals surface area contributed by atoms with Crippen molar-refractivity contribution in [2.75, 3.05) is 10.6 Å². The number of benzene rings is 2. The molecule has 2 aliphatic carbocycles. The van der Waals surface area contributed by atoms with Crippen LogP contribution in [0.25, 0.3) is 0 Å². The monoisotopic (exact) mass is 614 g/mol. The van der Waals surface area contributed by atoms with Crippen molar-refractivity contribution in [3.05, 3.63) is 64.0 Å². The molecule has 11 heteroatoms. The van der Waals surface area contributed by atoms with E-state index in [4.69, 9.17) is 5.73 Å². The minimum atomic E-state index is -1.29. The lowest BCUT2D eigenvalue weighted by Crippen LogP contribution is -2.29. The fourth-order valence-electron chi connectivity index (χ4n) is 5.78. The summed E-state index contributed by atoms with van der Waals surface area (Å²) in [5, 5.41) is 6.11. The van der Waals surface area contributed by atoms with Gasteiger partial charge in [0.1, 0.15) is 22.6 Å². The Kier molecular flexibility index (Phi) is 8.58. The van der Waals surface area contributed by atoms with Gasteiger partial charge in [-0.25, -0.2) is 18.3 Å². The summed E-state index contributed by atoms with van der Waals surface area (Å²) in [6.45, 7) is 1.93. The van der Waals surface area contributed by atoms with Crippen LogP contribution in [0.5, 0.6) is 0 Å². The molecule has 1 heterocycles. The van der Waals surface area contributed by atoms with Crippen LogP contribution in [0.2, 0.25) is 0 Å². The van der Waals surface area contributed by atoms with Crippen LogP contribution in [0.3, 0.4) is 0 Å². The highest BCUT2D eigenvalue weighted by atomic mass is 79.9. The standard InChI is InChI=1S/C28H32BrFN6O2S/c1-16-13-19(11-12-24(16)39(38)36-20-10-9-18(14-20)17-5-2-3-6-17)33-28-32-15-21(29)27(35-28)34-23-8-4-7-22(30)25(23)26(31)37/h4,7-8,11-13,15,17-18,20,36H,2-3,5-6,9-10,14H2,1H3,(H2,31,37)(H2,32,33,34,35). The highest BCUT2D eigenvalue weighted by Crippen LogP contribution is 2.40. The second-order valence-electron chi connectivity index (χ2n) is 10.3. The van der Waals surface area contributed by atoms with Crippen LogP contribution in [0.4, 0.5) is 27.5 Å². The van der Waals surface area contributed by atoms with Gasteiger partial charge >= 0.3 is 0 Å². The average molecular weight is 616 g/mol. The average Bonchev–Trinajstić information content (AvgIpc) is 3.58. The van der Waals surface area contributed by atoms with E-state index in [1.165, 1.54) is 44.2 Å². The van der Waals surface area contributed by atoms with E-state index >= 15 is 0 Å². The number of aryl methyl sites for hydroxylation is 1. The van der Waals surface area contributed by atoms with Gasteiger partial charge in [-0.2, -0.15) is 4.98 Å². The van der Waals surface area contributed by atoms with Crippen molar-refractivity contribution in [1.82, 2.24) is 14.7 Å². The molecule has 39 heavy (non-hydrogen) atoms. The van der Waals surface area contributed by atoms with Crippen molar-refractivity contribution in [2.45, 2.75) is 62.8 Å². The molecule has 0 saturated heterocycles. The molecule has 3 unspecified atom stereocenters. The van der Waals surface area contributed by atoms with E-state index in [1.54, 1.807) is 12.3 Å². The molecule has 3 atom stereocenters. The number of hydrogen-bond donors (Lipinski definition) is 4. The van der Waals surface area contributed by atoms with E-state index in [9.17, 15) is 13.4 Å². The Hall–Kier alpha value is -2.89. The molecule has 0 radical (unpaired) electrons. The third kappa shape index (κ3) is 6.47. The molecule has 2 saturated carbocycles. The molecule has 2 aliphatic rings. The van der Waals surface area contributed by atoms with Crippen molar-refractivity contribution in [1.29, 1.82) is 0 Å². The first-order chi connectivity index (χ1) is 18.8. The molecular weight excluding hydrogens is 583 g/mol. The molecule has 1 amide bonds. The van der Waals surface area contributed by atoms with E-state index in [-0.39, 0.29) is 17.2 Å². The minimum absolute atomic E-state index is 0.194. The van der Waals surface area contributed by atoms with Crippen LogP contribution in [0.15, 0.2) is 52.0 Å². The number of rotatable bonds is 9. The fraction of sp³-hybridized carbons (Fsp3) is 0.393.